The van der Waals surface area contributed by atoms with Crippen LogP contribution in [-0.2, 0) is 20.1 Å². The van der Waals surface area contributed by atoms with Crippen LogP contribution in [0.3, 0.4) is 0 Å². The van der Waals surface area contributed by atoms with Crippen LogP contribution >= 0.6 is 0 Å². The summed E-state index contributed by atoms with van der Waals surface area (Å²) >= 11 is 0. The Morgan fingerprint density at radius 3 is 2.26 bits per heavy atom. The van der Waals surface area contributed by atoms with E-state index in [1.54, 1.807) is 6.20 Å². The van der Waals surface area contributed by atoms with Crippen molar-refractivity contribution in [2.45, 2.75) is 0 Å². The zero-order valence-corrected chi connectivity index (χ0v) is 19.5. The molecule has 0 spiro atoms. The first-order chi connectivity index (χ1) is 14.8. The van der Waals surface area contributed by atoms with Crippen LogP contribution in [0.15, 0.2) is 110 Å². The van der Waals surface area contributed by atoms with Crippen molar-refractivity contribution < 1.29 is 29.3 Å². The van der Waals surface area contributed by atoms with Gasteiger partial charge in [-0.25, -0.2) is 0 Å². The summed E-state index contributed by atoms with van der Waals surface area (Å²) in [6.07, 6.45) is 5.70. The molecule has 0 amide bonds. The first-order valence-electron chi connectivity index (χ1n) is 9.71. The SMILES string of the molecule is C[N+]1=C=[N+](c2[c-]cccc2)C=C1.[Ir].[c-]1ccc(-c2ccccc2)cc1-c1ccccn1. The molecular weight excluding hydrogens is 559 g/mol. The molecule has 0 fully saturated rings. The van der Waals surface area contributed by atoms with Gasteiger partial charge in [0.15, 0.2) is 7.05 Å². The van der Waals surface area contributed by atoms with Crippen LogP contribution in [0.5, 0.6) is 0 Å². The number of para-hydroxylation sites is 1. The third-order valence-corrected chi connectivity index (χ3v) is 4.51. The predicted molar refractivity (Wildman–Crippen MR) is 119 cm³/mol. The Balaban J connectivity index is 0.000000183. The molecule has 1 radical (unpaired) electrons. The average molecular weight is 580 g/mol. The van der Waals surface area contributed by atoms with E-state index in [4.69, 9.17) is 0 Å². The molecule has 0 bridgehead atoms. The van der Waals surface area contributed by atoms with Gasteiger partial charge in [0.2, 0.25) is 6.20 Å². The minimum absolute atomic E-state index is 0. The van der Waals surface area contributed by atoms with Gasteiger partial charge in [-0.1, -0.05) is 57.7 Å². The Hall–Kier alpha value is -3.42. The zero-order chi connectivity index (χ0) is 20.6. The molecular formula is C27H21IrN3. The smallest absolute Gasteiger partial charge is 0.305 e. The number of hydrogen-bond donors (Lipinski definition) is 0. The van der Waals surface area contributed by atoms with Crippen molar-refractivity contribution in [3.8, 4) is 22.4 Å². The number of benzene rings is 3. The summed E-state index contributed by atoms with van der Waals surface area (Å²) in [6.45, 7) is 0. The van der Waals surface area contributed by atoms with Crippen LogP contribution in [0.2, 0.25) is 0 Å². The van der Waals surface area contributed by atoms with Gasteiger partial charge in [-0.15, -0.1) is 41.5 Å². The molecule has 1 aliphatic heterocycles. The van der Waals surface area contributed by atoms with Crippen molar-refractivity contribution in [1.82, 2.24) is 4.98 Å². The van der Waals surface area contributed by atoms with Gasteiger partial charge in [-0.05, 0) is 17.3 Å². The van der Waals surface area contributed by atoms with Gasteiger partial charge in [0.25, 0.3) is 6.20 Å². The van der Waals surface area contributed by atoms with E-state index in [9.17, 15) is 0 Å². The summed E-state index contributed by atoms with van der Waals surface area (Å²) in [5, 5.41) is 0. The van der Waals surface area contributed by atoms with Crippen molar-refractivity contribution in [2.24, 2.45) is 0 Å². The molecule has 0 aliphatic carbocycles. The van der Waals surface area contributed by atoms with Crippen LogP contribution in [0.4, 0.5) is 5.69 Å². The summed E-state index contributed by atoms with van der Waals surface area (Å²) in [5.41, 5.74) is 5.39. The summed E-state index contributed by atoms with van der Waals surface area (Å²) in [4.78, 5) is 4.35. The number of hydrogen-bond acceptors (Lipinski definition) is 1. The average Bonchev–Trinajstić information content (AvgIpc) is 3.28. The Bertz CT molecular complexity index is 1160. The molecule has 153 valence electrons. The normalized spacial score (nSPS) is 11.5. The van der Waals surface area contributed by atoms with Gasteiger partial charge in [0.1, 0.15) is 5.69 Å². The Morgan fingerprint density at radius 1 is 0.774 bits per heavy atom. The van der Waals surface area contributed by atoms with Gasteiger partial charge < -0.3 is 4.98 Å². The third-order valence-electron chi connectivity index (χ3n) is 4.51. The topological polar surface area (TPSA) is 18.9 Å². The molecule has 2 heterocycles. The van der Waals surface area contributed by atoms with E-state index in [0.717, 1.165) is 16.9 Å². The van der Waals surface area contributed by atoms with Gasteiger partial charge in [-0.2, -0.15) is 18.2 Å². The third kappa shape index (κ3) is 6.04. The summed E-state index contributed by atoms with van der Waals surface area (Å²) in [5.74, 6) is 0. The van der Waals surface area contributed by atoms with E-state index in [0.29, 0.717) is 0 Å². The molecule has 0 saturated carbocycles. The van der Waals surface area contributed by atoms with Crippen molar-refractivity contribution in [1.29, 1.82) is 0 Å². The van der Waals surface area contributed by atoms with Crippen molar-refractivity contribution >= 4 is 11.7 Å². The number of nitrogens with zero attached hydrogens (tertiary/aromatic N) is 3. The molecule has 3 nitrogen and oxygen atoms in total. The number of aromatic nitrogens is 1. The summed E-state index contributed by atoms with van der Waals surface area (Å²) in [7, 11) is 1.94. The molecule has 1 aromatic heterocycles. The Kier molecular flexibility index (Phi) is 7.97. The molecule has 3 aromatic carbocycles. The maximum Gasteiger partial charge on any atom is 0.493 e. The van der Waals surface area contributed by atoms with E-state index >= 15 is 0 Å². The van der Waals surface area contributed by atoms with Crippen molar-refractivity contribution in [2.75, 3.05) is 7.05 Å². The first-order valence-corrected chi connectivity index (χ1v) is 9.71. The van der Waals surface area contributed by atoms with Crippen LogP contribution in [-0.4, -0.2) is 27.2 Å². The second-order valence-corrected chi connectivity index (χ2v) is 6.70. The van der Waals surface area contributed by atoms with E-state index in [2.05, 4.69) is 47.4 Å². The summed E-state index contributed by atoms with van der Waals surface area (Å²) < 4.78 is 3.78. The van der Waals surface area contributed by atoms with Crippen LogP contribution in [0.25, 0.3) is 22.4 Å². The van der Waals surface area contributed by atoms with Gasteiger partial charge in [0, 0.05) is 26.3 Å². The Morgan fingerprint density at radius 2 is 1.58 bits per heavy atom. The monoisotopic (exact) mass is 580 g/mol. The molecule has 0 unspecified atom stereocenters. The minimum atomic E-state index is 0. The number of pyridine rings is 1. The quantitative estimate of drug-likeness (QED) is 0.227. The summed E-state index contributed by atoms with van der Waals surface area (Å²) in [6, 6.07) is 39.7. The zero-order valence-electron chi connectivity index (χ0n) is 17.1. The maximum atomic E-state index is 4.35. The fraction of sp³-hybridized carbons (Fsp3) is 0.0370. The fourth-order valence-corrected chi connectivity index (χ4v) is 3.02. The van der Waals surface area contributed by atoms with Crippen molar-refractivity contribution in [3.63, 3.8) is 0 Å². The van der Waals surface area contributed by atoms with E-state index in [1.165, 1.54) is 11.1 Å². The molecule has 0 saturated heterocycles. The Labute approximate surface area is 196 Å². The molecule has 0 atom stereocenters. The molecule has 0 N–H and O–H groups in total. The molecule has 1 aliphatic rings. The van der Waals surface area contributed by atoms with Gasteiger partial charge in [-0.3, -0.25) is 0 Å². The largest absolute Gasteiger partial charge is 0.493 e. The first kappa shape index (κ1) is 22.3. The van der Waals surface area contributed by atoms with Gasteiger partial charge in [0.05, 0.1) is 0 Å². The van der Waals surface area contributed by atoms with E-state index in [-0.39, 0.29) is 20.1 Å². The van der Waals surface area contributed by atoms with Crippen molar-refractivity contribution in [3.05, 3.63) is 122 Å². The molecule has 4 aromatic rings. The predicted octanol–water partition coefficient (Wildman–Crippen LogP) is 5.65. The molecule has 31 heavy (non-hydrogen) atoms. The molecule has 5 rings (SSSR count). The number of rotatable bonds is 3. The van der Waals surface area contributed by atoms with Crippen LogP contribution in [0.1, 0.15) is 0 Å². The van der Waals surface area contributed by atoms with E-state index in [1.807, 2.05) is 95.3 Å². The van der Waals surface area contributed by atoms with Gasteiger partial charge >= 0.3 is 6.01 Å². The molecule has 4 heteroatoms. The minimum Gasteiger partial charge on any atom is -0.305 e. The van der Waals surface area contributed by atoms with Crippen LogP contribution in [0, 0.1) is 12.1 Å². The van der Waals surface area contributed by atoms with E-state index < -0.39 is 0 Å². The second-order valence-electron chi connectivity index (χ2n) is 6.70. The second kappa shape index (κ2) is 11.1. The standard InChI is InChI=1S/C17H12N.C10H9N2.Ir/c1-2-7-14(8-3-1)15-9-6-10-16(13-15)17-11-4-5-12-18-17;1-11-7-8-12(9-11)10-5-3-2-4-6-10;/h1-9,11-13H;2-5,7-8H,1H3;/q-1;+1;. The van der Waals surface area contributed by atoms with Crippen LogP contribution < -0.4 is 0 Å². The maximum absolute atomic E-state index is 4.35. The fourth-order valence-electron chi connectivity index (χ4n) is 3.02.